The average Bonchev–Trinajstić information content (AvgIpc) is 2.53. The maximum Gasteiger partial charge on any atom is 0.410 e. The number of nitrogens with zero attached hydrogens (tertiary/aromatic N) is 1. The second-order valence-corrected chi connectivity index (χ2v) is 7.50. The van der Waals surface area contributed by atoms with Crippen LogP contribution in [0.4, 0.5) is 4.79 Å². The molecule has 1 amide bonds. The van der Waals surface area contributed by atoms with Crippen LogP contribution in [0.2, 0.25) is 0 Å². The van der Waals surface area contributed by atoms with Crippen molar-refractivity contribution < 1.29 is 14.6 Å². The minimum absolute atomic E-state index is 0.0152. The highest BCUT2D eigenvalue weighted by atomic mass is 79.9. The number of amides is 1. The van der Waals surface area contributed by atoms with E-state index in [0.717, 1.165) is 16.5 Å². The van der Waals surface area contributed by atoms with Crippen molar-refractivity contribution in [3.8, 4) is 0 Å². The lowest BCUT2D eigenvalue weighted by Crippen LogP contribution is -2.52. The van der Waals surface area contributed by atoms with Crippen LogP contribution < -0.4 is 0 Å². The SMILES string of the molecule is CC(C)C1(CCCO)CCN([C@@H](C)c2ccc(Br)cc2)C(=O)O1. The summed E-state index contributed by atoms with van der Waals surface area (Å²) in [6.07, 6.45) is 1.93. The molecule has 1 aromatic rings. The number of hydrogen-bond acceptors (Lipinski definition) is 3. The number of hydrogen-bond donors (Lipinski definition) is 1. The van der Waals surface area contributed by atoms with Gasteiger partial charge in [-0.3, -0.25) is 0 Å². The Morgan fingerprint density at radius 1 is 1.30 bits per heavy atom. The fraction of sp³-hybridized carbons (Fsp3) is 0.611. The predicted molar refractivity (Wildman–Crippen MR) is 94.2 cm³/mol. The molecular formula is C18H26BrNO3. The van der Waals surface area contributed by atoms with Crippen LogP contribution in [0.1, 0.15) is 51.6 Å². The lowest BCUT2D eigenvalue weighted by molar-refractivity contribution is -0.0894. The Kier molecular flexibility index (Phi) is 6.09. The second kappa shape index (κ2) is 7.67. The molecule has 1 unspecified atom stereocenters. The molecule has 0 aromatic heterocycles. The van der Waals surface area contributed by atoms with Crippen LogP contribution in [0.15, 0.2) is 28.7 Å². The molecule has 2 rings (SSSR count). The molecule has 5 heteroatoms. The molecule has 23 heavy (non-hydrogen) atoms. The topological polar surface area (TPSA) is 49.8 Å². The molecule has 1 fully saturated rings. The normalized spacial score (nSPS) is 23.0. The van der Waals surface area contributed by atoms with E-state index in [9.17, 15) is 4.79 Å². The monoisotopic (exact) mass is 383 g/mol. The molecule has 4 nitrogen and oxygen atoms in total. The first-order valence-electron chi connectivity index (χ1n) is 8.25. The third kappa shape index (κ3) is 4.07. The van der Waals surface area contributed by atoms with Gasteiger partial charge in [0.25, 0.3) is 0 Å². The number of benzene rings is 1. The third-order valence-corrected chi connectivity index (χ3v) is 5.46. The molecule has 1 N–H and O–H groups in total. The Balaban J connectivity index is 2.10. The van der Waals surface area contributed by atoms with Gasteiger partial charge in [-0.15, -0.1) is 0 Å². The van der Waals surface area contributed by atoms with Crippen LogP contribution in [0.5, 0.6) is 0 Å². The number of rotatable bonds is 6. The minimum Gasteiger partial charge on any atom is -0.442 e. The summed E-state index contributed by atoms with van der Waals surface area (Å²) >= 11 is 3.43. The van der Waals surface area contributed by atoms with Crippen molar-refractivity contribution in [1.29, 1.82) is 0 Å². The Morgan fingerprint density at radius 3 is 2.48 bits per heavy atom. The lowest BCUT2D eigenvalue weighted by Gasteiger charge is -2.45. The molecular weight excluding hydrogens is 358 g/mol. The number of halogens is 1. The van der Waals surface area contributed by atoms with Crippen molar-refractivity contribution in [1.82, 2.24) is 4.90 Å². The molecule has 0 bridgehead atoms. The molecule has 0 saturated carbocycles. The standard InChI is InChI=1S/C18H26BrNO3/c1-13(2)18(9-4-12-21)10-11-20(17(22)23-18)14(3)15-5-7-16(19)8-6-15/h5-8,13-14,21H,4,9-12H2,1-3H3/t14-,18?/m0/s1. The zero-order valence-electron chi connectivity index (χ0n) is 14.1. The largest absolute Gasteiger partial charge is 0.442 e. The summed E-state index contributed by atoms with van der Waals surface area (Å²) in [7, 11) is 0. The van der Waals surface area contributed by atoms with E-state index in [2.05, 4.69) is 29.8 Å². The fourth-order valence-corrected chi connectivity index (χ4v) is 3.47. The molecule has 0 radical (unpaired) electrons. The molecule has 1 aliphatic rings. The summed E-state index contributed by atoms with van der Waals surface area (Å²) in [4.78, 5) is 14.4. The van der Waals surface area contributed by atoms with E-state index in [0.29, 0.717) is 19.4 Å². The Morgan fingerprint density at radius 2 is 1.96 bits per heavy atom. The van der Waals surface area contributed by atoms with E-state index in [-0.39, 0.29) is 24.7 Å². The third-order valence-electron chi connectivity index (χ3n) is 4.93. The molecule has 0 spiro atoms. The first-order chi connectivity index (χ1) is 10.9. The fourth-order valence-electron chi connectivity index (χ4n) is 3.21. The van der Waals surface area contributed by atoms with Crippen molar-refractivity contribution in [3.63, 3.8) is 0 Å². The van der Waals surface area contributed by atoms with E-state index in [1.54, 1.807) is 4.90 Å². The molecule has 128 valence electrons. The van der Waals surface area contributed by atoms with Gasteiger partial charge in [0.15, 0.2) is 0 Å². The summed E-state index contributed by atoms with van der Waals surface area (Å²) in [5.41, 5.74) is 0.646. The van der Waals surface area contributed by atoms with E-state index < -0.39 is 5.60 Å². The lowest BCUT2D eigenvalue weighted by atomic mass is 9.81. The molecule has 1 aromatic carbocycles. The number of carbonyl (C=O) groups excluding carboxylic acids is 1. The van der Waals surface area contributed by atoms with Gasteiger partial charge >= 0.3 is 6.09 Å². The summed E-state index contributed by atoms with van der Waals surface area (Å²) in [5.74, 6) is 0.239. The van der Waals surface area contributed by atoms with Gasteiger partial charge in [-0.05, 0) is 43.4 Å². The van der Waals surface area contributed by atoms with Gasteiger partial charge in [-0.2, -0.15) is 0 Å². The van der Waals surface area contributed by atoms with Crippen LogP contribution in [-0.4, -0.2) is 34.9 Å². The molecule has 1 heterocycles. The average molecular weight is 384 g/mol. The van der Waals surface area contributed by atoms with Crippen molar-refractivity contribution in [3.05, 3.63) is 34.3 Å². The number of aliphatic hydroxyl groups is 1. The van der Waals surface area contributed by atoms with E-state index in [4.69, 9.17) is 9.84 Å². The maximum absolute atomic E-state index is 12.6. The van der Waals surface area contributed by atoms with Gasteiger partial charge in [-0.1, -0.05) is 41.9 Å². The maximum atomic E-state index is 12.6. The van der Waals surface area contributed by atoms with Crippen LogP contribution in [0, 0.1) is 5.92 Å². The Labute approximate surface area is 147 Å². The highest BCUT2D eigenvalue weighted by Crippen LogP contribution is 2.37. The van der Waals surface area contributed by atoms with Gasteiger partial charge in [0, 0.05) is 24.0 Å². The number of carbonyl (C=O) groups is 1. The highest BCUT2D eigenvalue weighted by molar-refractivity contribution is 9.10. The Bertz CT molecular complexity index is 532. The van der Waals surface area contributed by atoms with Crippen LogP contribution in [0.25, 0.3) is 0 Å². The van der Waals surface area contributed by atoms with Crippen molar-refractivity contribution in [2.24, 2.45) is 5.92 Å². The molecule has 1 aliphatic heterocycles. The summed E-state index contributed by atoms with van der Waals surface area (Å²) < 4.78 is 6.91. The first kappa shape index (κ1) is 18.3. The zero-order chi connectivity index (χ0) is 17.0. The quantitative estimate of drug-likeness (QED) is 0.785. The van der Waals surface area contributed by atoms with Gasteiger partial charge in [0.2, 0.25) is 0 Å². The molecule has 2 atom stereocenters. The van der Waals surface area contributed by atoms with Crippen molar-refractivity contribution >= 4 is 22.0 Å². The Hall–Kier alpha value is -1.07. The van der Waals surface area contributed by atoms with Gasteiger partial charge < -0.3 is 14.7 Å². The van der Waals surface area contributed by atoms with Crippen LogP contribution in [-0.2, 0) is 4.74 Å². The first-order valence-corrected chi connectivity index (χ1v) is 9.05. The van der Waals surface area contributed by atoms with E-state index in [1.165, 1.54) is 0 Å². The number of aliphatic hydroxyl groups excluding tert-OH is 1. The van der Waals surface area contributed by atoms with Crippen LogP contribution in [0.3, 0.4) is 0 Å². The van der Waals surface area contributed by atoms with Crippen molar-refractivity contribution in [2.45, 2.75) is 51.7 Å². The summed E-state index contributed by atoms with van der Waals surface area (Å²) in [5, 5.41) is 9.12. The van der Waals surface area contributed by atoms with Gasteiger partial charge in [0.1, 0.15) is 5.60 Å². The zero-order valence-corrected chi connectivity index (χ0v) is 15.7. The minimum atomic E-state index is -0.449. The van der Waals surface area contributed by atoms with Gasteiger partial charge in [0.05, 0.1) is 6.04 Å². The summed E-state index contributed by atoms with van der Waals surface area (Å²) in [6.45, 7) is 7.00. The highest BCUT2D eigenvalue weighted by Gasteiger charge is 2.43. The van der Waals surface area contributed by atoms with Gasteiger partial charge in [-0.25, -0.2) is 4.79 Å². The van der Waals surface area contributed by atoms with E-state index in [1.807, 2.05) is 31.2 Å². The smallest absolute Gasteiger partial charge is 0.410 e. The van der Waals surface area contributed by atoms with E-state index >= 15 is 0 Å². The van der Waals surface area contributed by atoms with Crippen molar-refractivity contribution in [2.75, 3.05) is 13.2 Å². The summed E-state index contributed by atoms with van der Waals surface area (Å²) in [6, 6.07) is 8.01. The van der Waals surface area contributed by atoms with Crippen LogP contribution >= 0.6 is 15.9 Å². The molecule has 0 aliphatic carbocycles. The second-order valence-electron chi connectivity index (χ2n) is 6.59. The number of cyclic esters (lactones) is 1. The predicted octanol–water partition coefficient (Wildman–Crippen LogP) is 4.52. The molecule has 1 saturated heterocycles. The number of ether oxygens (including phenoxy) is 1.